The number of thiophene rings is 1. The van der Waals surface area contributed by atoms with Crippen molar-refractivity contribution in [1.29, 1.82) is 0 Å². The molecule has 21 heavy (non-hydrogen) atoms. The van der Waals surface area contributed by atoms with Gasteiger partial charge in [0.2, 0.25) is 0 Å². The summed E-state index contributed by atoms with van der Waals surface area (Å²) in [4.78, 5) is 0. The van der Waals surface area contributed by atoms with Crippen LogP contribution < -0.4 is 5.32 Å². The van der Waals surface area contributed by atoms with Gasteiger partial charge < -0.3 is 5.32 Å². The van der Waals surface area contributed by atoms with Crippen LogP contribution in [0.2, 0.25) is 5.02 Å². The smallest absolute Gasteiger partial charge is 0.0483 e. The van der Waals surface area contributed by atoms with Crippen LogP contribution in [-0.4, -0.2) is 7.05 Å². The molecule has 1 atom stereocenters. The Labute approximate surface area is 134 Å². The topological polar surface area (TPSA) is 12.0 Å². The number of aryl methyl sites for hydroxylation is 1. The zero-order valence-electron chi connectivity index (χ0n) is 12.2. The van der Waals surface area contributed by atoms with Crippen molar-refractivity contribution in [2.24, 2.45) is 0 Å². The molecule has 1 unspecified atom stereocenters. The summed E-state index contributed by atoms with van der Waals surface area (Å²) in [5.41, 5.74) is 3.69. The Morgan fingerprint density at radius 1 is 1.14 bits per heavy atom. The molecule has 0 saturated carbocycles. The SMILES string of the molecule is CNC(Cc1csc2ccccc12)c1cccc(C)c1Cl. The Hall–Kier alpha value is -1.35. The molecule has 0 aliphatic rings. The van der Waals surface area contributed by atoms with Gasteiger partial charge in [-0.15, -0.1) is 11.3 Å². The Kier molecular flexibility index (Phi) is 4.29. The molecule has 1 heterocycles. The van der Waals surface area contributed by atoms with E-state index in [1.807, 2.05) is 18.4 Å². The molecule has 0 saturated heterocycles. The van der Waals surface area contributed by atoms with Gasteiger partial charge in [0.25, 0.3) is 0 Å². The fraction of sp³-hybridized carbons (Fsp3) is 0.222. The largest absolute Gasteiger partial charge is 0.313 e. The number of likely N-dealkylation sites (N-methyl/N-ethyl adjacent to an activating group) is 1. The van der Waals surface area contributed by atoms with E-state index in [1.165, 1.54) is 21.2 Å². The summed E-state index contributed by atoms with van der Waals surface area (Å²) in [5.74, 6) is 0. The average molecular weight is 316 g/mol. The second kappa shape index (κ2) is 6.18. The van der Waals surface area contributed by atoms with Crippen LogP contribution in [0, 0.1) is 6.92 Å². The van der Waals surface area contributed by atoms with E-state index in [9.17, 15) is 0 Å². The molecule has 1 aromatic heterocycles. The molecule has 0 spiro atoms. The van der Waals surface area contributed by atoms with E-state index in [0.29, 0.717) is 0 Å². The van der Waals surface area contributed by atoms with Gasteiger partial charge in [0.1, 0.15) is 0 Å². The van der Waals surface area contributed by atoms with Crippen LogP contribution >= 0.6 is 22.9 Å². The molecule has 0 aliphatic heterocycles. The summed E-state index contributed by atoms with van der Waals surface area (Å²) >= 11 is 8.30. The van der Waals surface area contributed by atoms with Gasteiger partial charge in [-0.25, -0.2) is 0 Å². The lowest BCUT2D eigenvalue weighted by molar-refractivity contribution is 0.594. The molecular weight excluding hydrogens is 298 g/mol. The fourth-order valence-electron chi connectivity index (χ4n) is 2.72. The molecule has 0 radical (unpaired) electrons. The highest BCUT2D eigenvalue weighted by Crippen LogP contribution is 2.32. The quantitative estimate of drug-likeness (QED) is 0.683. The van der Waals surface area contributed by atoms with Crippen molar-refractivity contribution in [2.75, 3.05) is 7.05 Å². The predicted molar refractivity (Wildman–Crippen MR) is 93.5 cm³/mol. The van der Waals surface area contributed by atoms with Crippen molar-refractivity contribution < 1.29 is 0 Å². The first kappa shape index (κ1) is 14.6. The average Bonchev–Trinajstić information content (AvgIpc) is 2.91. The lowest BCUT2D eigenvalue weighted by Gasteiger charge is -2.19. The van der Waals surface area contributed by atoms with Crippen LogP contribution in [0.25, 0.3) is 10.1 Å². The number of nitrogens with one attached hydrogen (secondary N) is 1. The molecular formula is C18H18ClNS. The van der Waals surface area contributed by atoms with Gasteiger partial charge in [-0.3, -0.25) is 0 Å². The molecule has 3 rings (SSSR count). The zero-order valence-corrected chi connectivity index (χ0v) is 13.8. The Balaban J connectivity index is 1.96. The second-order valence-electron chi connectivity index (χ2n) is 5.28. The highest BCUT2D eigenvalue weighted by Gasteiger charge is 2.16. The van der Waals surface area contributed by atoms with Crippen molar-refractivity contribution in [2.45, 2.75) is 19.4 Å². The maximum atomic E-state index is 6.49. The van der Waals surface area contributed by atoms with Crippen LogP contribution in [0.1, 0.15) is 22.7 Å². The first-order valence-electron chi connectivity index (χ1n) is 7.08. The number of hydrogen-bond donors (Lipinski definition) is 1. The summed E-state index contributed by atoms with van der Waals surface area (Å²) < 4.78 is 1.35. The fourth-order valence-corrected chi connectivity index (χ4v) is 3.95. The van der Waals surface area contributed by atoms with Crippen LogP contribution in [0.5, 0.6) is 0 Å². The van der Waals surface area contributed by atoms with Gasteiger partial charge >= 0.3 is 0 Å². The number of benzene rings is 2. The third-order valence-corrected chi connectivity index (χ3v) is 5.46. The van der Waals surface area contributed by atoms with Crippen molar-refractivity contribution in [1.82, 2.24) is 5.32 Å². The van der Waals surface area contributed by atoms with Gasteiger partial charge in [0.15, 0.2) is 0 Å². The highest BCUT2D eigenvalue weighted by atomic mass is 35.5. The summed E-state index contributed by atoms with van der Waals surface area (Å²) in [6, 6.07) is 15.1. The Bertz CT molecular complexity index is 763. The van der Waals surface area contributed by atoms with E-state index < -0.39 is 0 Å². The van der Waals surface area contributed by atoms with E-state index in [2.05, 4.69) is 60.1 Å². The second-order valence-corrected chi connectivity index (χ2v) is 6.57. The first-order valence-corrected chi connectivity index (χ1v) is 8.34. The highest BCUT2D eigenvalue weighted by molar-refractivity contribution is 7.17. The van der Waals surface area contributed by atoms with E-state index in [-0.39, 0.29) is 6.04 Å². The van der Waals surface area contributed by atoms with Gasteiger partial charge in [-0.2, -0.15) is 0 Å². The van der Waals surface area contributed by atoms with Crippen LogP contribution in [-0.2, 0) is 6.42 Å². The number of halogens is 1. The lowest BCUT2D eigenvalue weighted by Crippen LogP contribution is -2.19. The van der Waals surface area contributed by atoms with E-state index in [4.69, 9.17) is 11.6 Å². The van der Waals surface area contributed by atoms with Crippen molar-refractivity contribution in [3.63, 3.8) is 0 Å². The third kappa shape index (κ3) is 2.84. The molecule has 2 aromatic carbocycles. The standard InChI is InChI=1S/C18H18ClNS/c1-12-6-5-8-15(18(12)19)16(20-2)10-13-11-21-17-9-4-3-7-14(13)17/h3-9,11,16,20H,10H2,1-2H3. The molecule has 0 bridgehead atoms. The summed E-state index contributed by atoms with van der Waals surface area (Å²) in [7, 11) is 2.00. The predicted octanol–water partition coefficient (Wildman–Crippen LogP) is 5.37. The first-order chi connectivity index (χ1) is 10.2. The monoisotopic (exact) mass is 315 g/mol. The van der Waals surface area contributed by atoms with Crippen LogP contribution in [0.3, 0.4) is 0 Å². The van der Waals surface area contributed by atoms with Gasteiger partial charge in [-0.1, -0.05) is 48.0 Å². The summed E-state index contributed by atoms with van der Waals surface area (Å²) in [6.07, 6.45) is 0.948. The maximum Gasteiger partial charge on any atom is 0.0483 e. The molecule has 1 nitrogen and oxygen atoms in total. The normalized spacial score (nSPS) is 12.7. The Morgan fingerprint density at radius 2 is 1.95 bits per heavy atom. The van der Waals surface area contributed by atoms with Crippen molar-refractivity contribution in [3.05, 3.63) is 69.6 Å². The molecule has 0 aliphatic carbocycles. The summed E-state index contributed by atoms with van der Waals surface area (Å²) in [5, 5.41) is 7.90. The van der Waals surface area contributed by atoms with Crippen LogP contribution in [0.4, 0.5) is 0 Å². The van der Waals surface area contributed by atoms with Gasteiger partial charge in [0, 0.05) is 15.8 Å². The van der Waals surface area contributed by atoms with Crippen molar-refractivity contribution in [3.8, 4) is 0 Å². The van der Waals surface area contributed by atoms with E-state index in [1.54, 1.807) is 0 Å². The minimum Gasteiger partial charge on any atom is -0.313 e. The number of fused-ring (bicyclic) bond motifs is 1. The molecule has 0 amide bonds. The molecule has 3 aromatic rings. The summed E-state index contributed by atoms with van der Waals surface area (Å²) in [6.45, 7) is 2.05. The molecule has 3 heteroatoms. The zero-order chi connectivity index (χ0) is 14.8. The van der Waals surface area contributed by atoms with Crippen molar-refractivity contribution >= 4 is 33.0 Å². The minimum atomic E-state index is 0.232. The number of rotatable bonds is 4. The van der Waals surface area contributed by atoms with Gasteiger partial charge in [-0.05, 0) is 53.9 Å². The molecule has 1 N–H and O–H groups in total. The maximum absolute atomic E-state index is 6.49. The van der Waals surface area contributed by atoms with Gasteiger partial charge in [0.05, 0.1) is 0 Å². The van der Waals surface area contributed by atoms with Crippen LogP contribution in [0.15, 0.2) is 47.8 Å². The molecule has 108 valence electrons. The lowest BCUT2D eigenvalue weighted by atomic mass is 9.97. The minimum absolute atomic E-state index is 0.232. The Morgan fingerprint density at radius 3 is 2.76 bits per heavy atom. The number of hydrogen-bond acceptors (Lipinski definition) is 2. The van der Waals surface area contributed by atoms with E-state index >= 15 is 0 Å². The molecule has 0 fully saturated rings. The third-order valence-electron chi connectivity index (χ3n) is 3.93. The van der Waals surface area contributed by atoms with E-state index in [0.717, 1.165) is 17.0 Å².